The molecule has 0 spiro atoms. The molecule has 0 atom stereocenters. The monoisotopic (exact) mass is 363 g/mol. The first-order valence-electron chi connectivity index (χ1n) is 6.16. The van der Waals surface area contributed by atoms with Crippen molar-refractivity contribution >= 4 is 15.9 Å². The highest BCUT2D eigenvalue weighted by Crippen LogP contribution is 2.30. The Morgan fingerprint density at radius 2 is 2.14 bits per heavy atom. The summed E-state index contributed by atoms with van der Waals surface area (Å²) in [5.41, 5.74) is 0.858. The topological polar surface area (TPSA) is 39.1 Å². The van der Waals surface area contributed by atoms with Crippen LogP contribution in [0.3, 0.4) is 0 Å². The van der Waals surface area contributed by atoms with Crippen molar-refractivity contribution < 1.29 is 17.9 Å². The van der Waals surface area contributed by atoms with E-state index in [1.165, 1.54) is 6.07 Å². The Kier molecular flexibility index (Phi) is 5.24. The van der Waals surface area contributed by atoms with Crippen molar-refractivity contribution in [2.45, 2.75) is 19.5 Å². The molecule has 1 heterocycles. The molecule has 0 amide bonds. The SMILES string of the molecule is FC(F)(F)Oc1ccc(CNCCn2cccn2)cc1Br. The lowest BCUT2D eigenvalue weighted by molar-refractivity contribution is -0.274. The number of aromatic nitrogens is 2. The van der Waals surface area contributed by atoms with Gasteiger partial charge in [-0.25, -0.2) is 0 Å². The minimum absolute atomic E-state index is 0.247. The lowest BCUT2D eigenvalue weighted by atomic mass is 10.2. The van der Waals surface area contributed by atoms with Crippen LogP contribution in [0.2, 0.25) is 0 Å². The van der Waals surface area contributed by atoms with Crippen molar-refractivity contribution in [3.05, 3.63) is 46.7 Å². The molecule has 21 heavy (non-hydrogen) atoms. The van der Waals surface area contributed by atoms with E-state index < -0.39 is 6.36 Å². The van der Waals surface area contributed by atoms with Crippen LogP contribution in [-0.4, -0.2) is 22.7 Å². The summed E-state index contributed by atoms with van der Waals surface area (Å²) in [5, 5.41) is 7.26. The van der Waals surface area contributed by atoms with E-state index in [0.717, 1.165) is 12.1 Å². The molecule has 1 aromatic heterocycles. The van der Waals surface area contributed by atoms with E-state index in [4.69, 9.17) is 0 Å². The fraction of sp³-hybridized carbons (Fsp3) is 0.308. The summed E-state index contributed by atoms with van der Waals surface area (Å²) >= 11 is 3.07. The molecule has 0 aliphatic carbocycles. The summed E-state index contributed by atoms with van der Waals surface area (Å²) in [4.78, 5) is 0. The highest BCUT2D eigenvalue weighted by molar-refractivity contribution is 9.10. The molecule has 0 fully saturated rings. The molecule has 114 valence electrons. The van der Waals surface area contributed by atoms with Gasteiger partial charge in [-0.2, -0.15) is 5.10 Å². The van der Waals surface area contributed by atoms with E-state index >= 15 is 0 Å². The van der Waals surface area contributed by atoms with Crippen LogP contribution < -0.4 is 10.1 Å². The fourth-order valence-corrected chi connectivity index (χ4v) is 2.23. The molecule has 2 rings (SSSR count). The van der Waals surface area contributed by atoms with Gasteiger partial charge in [-0.15, -0.1) is 13.2 Å². The molecule has 0 saturated carbocycles. The molecular weight excluding hydrogens is 351 g/mol. The number of ether oxygens (including phenoxy) is 1. The van der Waals surface area contributed by atoms with Crippen LogP contribution in [0.4, 0.5) is 13.2 Å². The van der Waals surface area contributed by atoms with Gasteiger partial charge in [-0.3, -0.25) is 4.68 Å². The second-order valence-corrected chi connectivity index (χ2v) is 5.11. The summed E-state index contributed by atoms with van der Waals surface area (Å²) in [5.74, 6) is -0.247. The van der Waals surface area contributed by atoms with Crippen LogP contribution in [-0.2, 0) is 13.1 Å². The molecule has 4 nitrogen and oxygen atoms in total. The first-order chi connectivity index (χ1) is 9.94. The van der Waals surface area contributed by atoms with Crippen molar-refractivity contribution in [2.75, 3.05) is 6.54 Å². The molecule has 0 radical (unpaired) electrons. The maximum absolute atomic E-state index is 12.1. The van der Waals surface area contributed by atoms with Crippen molar-refractivity contribution in [3.63, 3.8) is 0 Å². The molecule has 1 aromatic carbocycles. The van der Waals surface area contributed by atoms with Crippen LogP contribution in [0.1, 0.15) is 5.56 Å². The van der Waals surface area contributed by atoms with Gasteiger partial charge in [0.25, 0.3) is 0 Å². The lowest BCUT2D eigenvalue weighted by Gasteiger charge is -2.12. The van der Waals surface area contributed by atoms with Gasteiger partial charge in [0.1, 0.15) is 5.75 Å². The maximum Gasteiger partial charge on any atom is 0.573 e. The molecule has 0 bridgehead atoms. The van der Waals surface area contributed by atoms with Gasteiger partial charge in [0.2, 0.25) is 0 Å². The highest BCUT2D eigenvalue weighted by atomic mass is 79.9. The molecule has 2 aromatic rings. The summed E-state index contributed by atoms with van der Waals surface area (Å²) in [6, 6.07) is 6.33. The Morgan fingerprint density at radius 3 is 2.76 bits per heavy atom. The zero-order chi connectivity index (χ0) is 15.3. The number of nitrogens with zero attached hydrogens (tertiary/aromatic N) is 2. The van der Waals surface area contributed by atoms with E-state index in [1.54, 1.807) is 23.0 Å². The van der Waals surface area contributed by atoms with Crippen LogP contribution in [0.5, 0.6) is 5.75 Å². The normalized spacial score (nSPS) is 11.6. The second kappa shape index (κ2) is 6.95. The van der Waals surface area contributed by atoms with Crippen molar-refractivity contribution in [1.82, 2.24) is 15.1 Å². The smallest absolute Gasteiger partial charge is 0.405 e. The van der Waals surface area contributed by atoms with Gasteiger partial charge < -0.3 is 10.1 Å². The Balaban J connectivity index is 1.82. The minimum atomic E-state index is -4.69. The average Bonchev–Trinajstić information content (AvgIpc) is 2.89. The Labute approximate surface area is 128 Å². The number of halogens is 4. The number of alkyl halides is 3. The third-order valence-electron chi connectivity index (χ3n) is 2.63. The molecular formula is C13H13BrF3N3O. The second-order valence-electron chi connectivity index (χ2n) is 4.26. The Morgan fingerprint density at radius 1 is 1.33 bits per heavy atom. The van der Waals surface area contributed by atoms with Crippen LogP contribution in [0, 0.1) is 0 Å². The van der Waals surface area contributed by atoms with Crippen LogP contribution >= 0.6 is 15.9 Å². The summed E-state index contributed by atoms with van der Waals surface area (Å²) in [7, 11) is 0. The third kappa shape index (κ3) is 5.39. The van der Waals surface area contributed by atoms with E-state index in [0.29, 0.717) is 13.1 Å². The standard InChI is InChI=1S/C13H13BrF3N3O/c14-11-8-10(2-3-12(11)21-13(15,16)17)9-18-5-7-20-6-1-4-19-20/h1-4,6,8,18H,5,7,9H2. The molecule has 0 saturated heterocycles. The number of rotatable bonds is 6. The predicted molar refractivity (Wildman–Crippen MR) is 74.8 cm³/mol. The van der Waals surface area contributed by atoms with Gasteiger partial charge in [0.15, 0.2) is 0 Å². The predicted octanol–water partition coefficient (Wildman–Crippen LogP) is 3.33. The van der Waals surface area contributed by atoms with Gasteiger partial charge in [-0.05, 0) is 39.7 Å². The number of hydrogen-bond acceptors (Lipinski definition) is 3. The zero-order valence-corrected chi connectivity index (χ0v) is 12.5. The van der Waals surface area contributed by atoms with Crippen LogP contribution in [0.15, 0.2) is 41.1 Å². The van der Waals surface area contributed by atoms with Gasteiger partial charge in [-0.1, -0.05) is 6.07 Å². The first kappa shape index (κ1) is 15.8. The van der Waals surface area contributed by atoms with E-state index in [-0.39, 0.29) is 10.2 Å². The highest BCUT2D eigenvalue weighted by Gasteiger charge is 2.31. The largest absolute Gasteiger partial charge is 0.573 e. The van der Waals surface area contributed by atoms with Gasteiger partial charge in [0.05, 0.1) is 11.0 Å². The Hall–Kier alpha value is -1.54. The number of benzene rings is 1. The van der Waals surface area contributed by atoms with E-state index in [2.05, 4.69) is 31.1 Å². The van der Waals surface area contributed by atoms with Gasteiger partial charge >= 0.3 is 6.36 Å². The molecule has 8 heteroatoms. The summed E-state index contributed by atoms with van der Waals surface area (Å²) < 4.78 is 42.4. The summed E-state index contributed by atoms with van der Waals surface area (Å²) in [6.45, 7) is 1.98. The molecule has 0 aliphatic heterocycles. The van der Waals surface area contributed by atoms with Crippen molar-refractivity contribution in [1.29, 1.82) is 0 Å². The van der Waals surface area contributed by atoms with Crippen LogP contribution in [0.25, 0.3) is 0 Å². The minimum Gasteiger partial charge on any atom is -0.405 e. The quantitative estimate of drug-likeness (QED) is 0.800. The Bertz CT molecular complexity index is 573. The third-order valence-corrected chi connectivity index (χ3v) is 3.25. The maximum atomic E-state index is 12.1. The average molecular weight is 364 g/mol. The molecule has 0 aliphatic rings. The van der Waals surface area contributed by atoms with Crippen molar-refractivity contribution in [2.24, 2.45) is 0 Å². The number of hydrogen-bond donors (Lipinski definition) is 1. The number of nitrogens with one attached hydrogen (secondary N) is 1. The molecule has 1 N–H and O–H groups in total. The first-order valence-corrected chi connectivity index (χ1v) is 6.96. The van der Waals surface area contributed by atoms with Gasteiger partial charge in [0, 0.05) is 25.5 Å². The summed E-state index contributed by atoms with van der Waals surface area (Å²) in [6.07, 6.45) is -1.12. The van der Waals surface area contributed by atoms with E-state index in [1.807, 2.05) is 12.3 Å². The fourth-order valence-electron chi connectivity index (χ4n) is 1.72. The van der Waals surface area contributed by atoms with E-state index in [9.17, 15) is 13.2 Å². The van der Waals surface area contributed by atoms with Crippen molar-refractivity contribution in [3.8, 4) is 5.75 Å². The molecule has 0 unspecified atom stereocenters. The lowest BCUT2D eigenvalue weighted by Crippen LogP contribution is -2.20. The zero-order valence-electron chi connectivity index (χ0n) is 10.9.